The van der Waals surface area contributed by atoms with E-state index < -0.39 is 4.92 Å². The maximum absolute atomic E-state index is 10.7. The first-order chi connectivity index (χ1) is 9.11. The lowest BCUT2D eigenvalue weighted by molar-refractivity contribution is -0.384. The number of nitrogens with one attached hydrogen (secondary N) is 1. The molecule has 1 unspecified atom stereocenters. The highest BCUT2D eigenvalue weighted by atomic mass is 16.6. The lowest BCUT2D eigenvalue weighted by Gasteiger charge is -2.12. The van der Waals surface area contributed by atoms with Gasteiger partial charge in [-0.3, -0.25) is 10.1 Å². The van der Waals surface area contributed by atoms with Crippen molar-refractivity contribution in [2.75, 3.05) is 13.7 Å². The van der Waals surface area contributed by atoms with Gasteiger partial charge in [-0.2, -0.15) is 0 Å². The summed E-state index contributed by atoms with van der Waals surface area (Å²) in [5.41, 5.74) is 0.764. The molecule has 0 spiro atoms. The van der Waals surface area contributed by atoms with Crippen LogP contribution in [-0.2, 0) is 6.54 Å². The number of ether oxygens (including phenoxy) is 1. The second-order valence-electron chi connectivity index (χ2n) is 4.79. The molecule has 0 aromatic heterocycles. The summed E-state index contributed by atoms with van der Waals surface area (Å²) >= 11 is 0. The molecule has 0 saturated heterocycles. The van der Waals surface area contributed by atoms with Gasteiger partial charge >= 0.3 is 0 Å². The molecule has 6 nitrogen and oxygen atoms in total. The van der Waals surface area contributed by atoms with E-state index in [-0.39, 0.29) is 11.8 Å². The van der Waals surface area contributed by atoms with Crippen molar-refractivity contribution in [2.24, 2.45) is 5.92 Å². The van der Waals surface area contributed by atoms with Crippen molar-refractivity contribution in [3.05, 3.63) is 33.9 Å². The van der Waals surface area contributed by atoms with Gasteiger partial charge in [0, 0.05) is 30.8 Å². The molecule has 2 N–H and O–H groups in total. The molecule has 19 heavy (non-hydrogen) atoms. The highest BCUT2D eigenvalue weighted by Gasteiger charge is 2.29. The molecule has 0 amide bonds. The normalized spacial score (nSPS) is 16.1. The Labute approximate surface area is 111 Å². The van der Waals surface area contributed by atoms with Crippen LogP contribution in [0.2, 0.25) is 0 Å². The fraction of sp³-hybridized carbons (Fsp3) is 0.538. The van der Waals surface area contributed by atoms with Gasteiger partial charge in [0.1, 0.15) is 5.75 Å². The number of hydrogen-bond acceptors (Lipinski definition) is 5. The second kappa shape index (κ2) is 5.99. The van der Waals surface area contributed by atoms with Crippen molar-refractivity contribution in [1.82, 2.24) is 5.32 Å². The van der Waals surface area contributed by atoms with Crippen LogP contribution in [0.15, 0.2) is 18.2 Å². The first kappa shape index (κ1) is 13.8. The molecule has 0 aliphatic heterocycles. The van der Waals surface area contributed by atoms with Gasteiger partial charge in [0.2, 0.25) is 0 Å². The van der Waals surface area contributed by atoms with Crippen molar-refractivity contribution < 1.29 is 14.8 Å². The van der Waals surface area contributed by atoms with Gasteiger partial charge in [-0.25, -0.2) is 0 Å². The van der Waals surface area contributed by atoms with Crippen molar-refractivity contribution in [2.45, 2.75) is 25.5 Å². The summed E-state index contributed by atoms with van der Waals surface area (Å²) < 4.78 is 5.17. The van der Waals surface area contributed by atoms with Gasteiger partial charge in [0.05, 0.1) is 18.1 Å². The third kappa shape index (κ3) is 3.65. The van der Waals surface area contributed by atoms with Crippen molar-refractivity contribution >= 4 is 5.69 Å². The Morgan fingerprint density at radius 3 is 2.89 bits per heavy atom. The van der Waals surface area contributed by atoms with E-state index in [1.165, 1.54) is 19.2 Å². The minimum atomic E-state index is -0.429. The lowest BCUT2D eigenvalue weighted by Crippen LogP contribution is -2.28. The molecule has 0 heterocycles. The van der Waals surface area contributed by atoms with E-state index in [2.05, 4.69) is 5.32 Å². The Bertz CT molecular complexity index is 460. The molecule has 1 aliphatic carbocycles. The van der Waals surface area contributed by atoms with Gasteiger partial charge < -0.3 is 15.2 Å². The third-order valence-corrected chi connectivity index (χ3v) is 3.31. The summed E-state index contributed by atoms with van der Waals surface area (Å²) in [5, 5.41) is 23.6. The van der Waals surface area contributed by atoms with Crippen molar-refractivity contribution in [1.29, 1.82) is 0 Å². The van der Waals surface area contributed by atoms with Gasteiger partial charge in [-0.15, -0.1) is 0 Å². The average Bonchev–Trinajstić information content (AvgIpc) is 3.22. The molecule has 6 heteroatoms. The Balaban J connectivity index is 1.96. The van der Waals surface area contributed by atoms with Crippen molar-refractivity contribution in [3.8, 4) is 5.75 Å². The second-order valence-corrected chi connectivity index (χ2v) is 4.79. The van der Waals surface area contributed by atoms with Crippen LogP contribution >= 0.6 is 0 Å². The minimum Gasteiger partial charge on any atom is -0.496 e. The molecule has 0 radical (unpaired) electrons. The van der Waals surface area contributed by atoms with E-state index >= 15 is 0 Å². The van der Waals surface area contributed by atoms with E-state index in [0.29, 0.717) is 24.8 Å². The molecule has 1 aliphatic rings. The summed E-state index contributed by atoms with van der Waals surface area (Å²) in [6.07, 6.45) is 1.84. The zero-order chi connectivity index (χ0) is 13.8. The smallest absolute Gasteiger partial charge is 0.270 e. The molecule has 1 saturated carbocycles. The summed E-state index contributed by atoms with van der Waals surface area (Å²) in [5.74, 6) is 1.03. The van der Waals surface area contributed by atoms with Crippen LogP contribution in [0.4, 0.5) is 5.69 Å². The molecule has 1 aromatic rings. The molecule has 1 atom stereocenters. The van der Waals surface area contributed by atoms with Crippen LogP contribution in [0, 0.1) is 16.0 Å². The van der Waals surface area contributed by atoms with Gasteiger partial charge in [-0.1, -0.05) is 0 Å². The van der Waals surface area contributed by atoms with E-state index in [1.807, 2.05) is 0 Å². The van der Waals surface area contributed by atoms with E-state index in [4.69, 9.17) is 4.74 Å². The molecule has 2 rings (SSSR count). The van der Waals surface area contributed by atoms with Gasteiger partial charge in [0.15, 0.2) is 0 Å². The Hall–Kier alpha value is -1.66. The van der Waals surface area contributed by atoms with Gasteiger partial charge in [0.25, 0.3) is 5.69 Å². The lowest BCUT2D eigenvalue weighted by atomic mass is 10.1. The zero-order valence-corrected chi connectivity index (χ0v) is 10.8. The molecular weight excluding hydrogens is 248 g/mol. The van der Waals surface area contributed by atoms with Crippen LogP contribution < -0.4 is 10.1 Å². The first-order valence-corrected chi connectivity index (χ1v) is 6.32. The average molecular weight is 266 g/mol. The topological polar surface area (TPSA) is 84.6 Å². The number of rotatable bonds is 7. The van der Waals surface area contributed by atoms with Gasteiger partial charge in [-0.05, 0) is 24.8 Å². The van der Waals surface area contributed by atoms with E-state index in [9.17, 15) is 15.2 Å². The highest BCUT2D eigenvalue weighted by molar-refractivity contribution is 5.43. The molecule has 1 fully saturated rings. The number of hydrogen-bond donors (Lipinski definition) is 2. The molecular formula is C13H18N2O4. The largest absolute Gasteiger partial charge is 0.496 e. The van der Waals surface area contributed by atoms with Crippen molar-refractivity contribution in [3.63, 3.8) is 0 Å². The van der Waals surface area contributed by atoms with E-state index in [0.717, 1.165) is 18.4 Å². The Morgan fingerprint density at radius 2 is 2.32 bits per heavy atom. The number of nitro groups is 1. The van der Waals surface area contributed by atoms with Crippen LogP contribution in [0.3, 0.4) is 0 Å². The predicted molar refractivity (Wildman–Crippen MR) is 70.1 cm³/mol. The number of aliphatic hydroxyl groups excluding tert-OH is 1. The fourth-order valence-corrected chi connectivity index (χ4v) is 2.02. The maximum Gasteiger partial charge on any atom is 0.270 e. The number of aliphatic hydroxyl groups is 1. The van der Waals surface area contributed by atoms with Crippen LogP contribution in [0.1, 0.15) is 18.4 Å². The van der Waals surface area contributed by atoms with Crippen LogP contribution in [0.25, 0.3) is 0 Å². The highest BCUT2D eigenvalue weighted by Crippen LogP contribution is 2.32. The standard InChI is InChI=1S/C13H18N2O4/c1-19-13-5-4-11(15(17)18)6-10(13)7-14-8-12(16)9-2-3-9/h4-6,9,12,14,16H,2-3,7-8H2,1H3. The third-order valence-electron chi connectivity index (χ3n) is 3.31. The van der Waals surface area contributed by atoms with E-state index in [1.54, 1.807) is 6.07 Å². The summed E-state index contributed by atoms with van der Waals surface area (Å²) in [6.45, 7) is 0.936. The van der Waals surface area contributed by atoms with Crippen LogP contribution in [0.5, 0.6) is 5.75 Å². The first-order valence-electron chi connectivity index (χ1n) is 6.32. The SMILES string of the molecule is COc1ccc([N+](=O)[O-])cc1CNCC(O)C1CC1. The number of non-ortho nitro benzene ring substituents is 1. The maximum atomic E-state index is 10.7. The number of nitrogens with zero attached hydrogens (tertiary/aromatic N) is 1. The summed E-state index contributed by atoms with van der Waals surface area (Å²) in [7, 11) is 1.53. The quantitative estimate of drug-likeness (QED) is 0.576. The van der Waals surface area contributed by atoms with Crippen LogP contribution in [-0.4, -0.2) is 29.8 Å². The minimum absolute atomic E-state index is 0.0420. The predicted octanol–water partition coefficient (Wildman–Crippen LogP) is 1.46. The zero-order valence-electron chi connectivity index (χ0n) is 10.8. The summed E-state index contributed by atoms with van der Waals surface area (Å²) in [4.78, 5) is 10.3. The molecule has 104 valence electrons. The molecule has 0 bridgehead atoms. The summed E-state index contributed by atoms with van der Waals surface area (Å²) in [6, 6.07) is 4.50. The Kier molecular flexibility index (Phi) is 4.34. The number of nitro benzene ring substituents is 1. The number of benzene rings is 1. The fourth-order valence-electron chi connectivity index (χ4n) is 2.02. The monoisotopic (exact) mass is 266 g/mol. The Morgan fingerprint density at radius 1 is 1.58 bits per heavy atom. The number of methoxy groups -OCH3 is 1. The molecule has 1 aromatic carbocycles.